The van der Waals surface area contributed by atoms with E-state index in [4.69, 9.17) is 18.0 Å². The largest absolute Gasteiger partial charge is 0.393 e. The summed E-state index contributed by atoms with van der Waals surface area (Å²) in [5.74, 6) is 3.14. The molecule has 0 radical (unpaired) electrons. The maximum absolute atomic E-state index is 10.6. The Balaban J connectivity index is 1.53. The molecule has 0 aromatic heterocycles. The van der Waals surface area contributed by atoms with E-state index in [9.17, 15) is 5.11 Å². The molecule has 0 spiro atoms. The summed E-state index contributed by atoms with van der Waals surface area (Å²) in [6, 6.07) is 0. The Kier molecular flexibility index (Phi) is 4.39. The van der Waals surface area contributed by atoms with Gasteiger partial charge < -0.3 is 10.8 Å². The van der Waals surface area contributed by atoms with Crippen LogP contribution in [0.3, 0.4) is 0 Å². The lowest BCUT2D eigenvalue weighted by Crippen LogP contribution is -2.54. The Morgan fingerprint density at radius 3 is 2.64 bits per heavy atom. The number of hydrogen-bond acceptors (Lipinski definition) is 3. The molecule has 0 aromatic rings. The van der Waals surface area contributed by atoms with Crippen molar-refractivity contribution in [1.82, 2.24) is 5.43 Å². The van der Waals surface area contributed by atoms with Crippen molar-refractivity contribution in [2.24, 2.45) is 45.3 Å². The Morgan fingerprint density at radius 1 is 1.12 bits per heavy atom. The van der Waals surface area contributed by atoms with Gasteiger partial charge in [-0.05, 0) is 105 Å². The van der Waals surface area contributed by atoms with Crippen LogP contribution in [0.4, 0.5) is 0 Å². The Labute approximate surface area is 157 Å². The summed E-state index contributed by atoms with van der Waals surface area (Å²) in [4.78, 5) is 0. The molecule has 0 bridgehead atoms. The van der Waals surface area contributed by atoms with Crippen LogP contribution in [0.1, 0.15) is 71.6 Å². The van der Waals surface area contributed by atoms with Gasteiger partial charge in [-0.25, -0.2) is 0 Å². The maximum Gasteiger partial charge on any atom is 0.184 e. The summed E-state index contributed by atoms with van der Waals surface area (Å²) < 4.78 is 0. The predicted molar refractivity (Wildman–Crippen MR) is 105 cm³/mol. The molecule has 25 heavy (non-hydrogen) atoms. The highest BCUT2D eigenvalue weighted by molar-refractivity contribution is 7.80. The minimum Gasteiger partial charge on any atom is -0.393 e. The summed E-state index contributed by atoms with van der Waals surface area (Å²) in [7, 11) is 0. The molecule has 4 nitrogen and oxygen atoms in total. The predicted octanol–water partition coefficient (Wildman–Crippen LogP) is 3.58. The van der Waals surface area contributed by atoms with Crippen LogP contribution in [0.2, 0.25) is 0 Å². The molecule has 0 unspecified atom stereocenters. The van der Waals surface area contributed by atoms with Crippen LogP contribution in [0.25, 0.3) is 0 Å². The van der Waals surface area contributed by atoms with Gasteiger partial charge in [-0.3, -0.25) is 5.43 Å². The van der Waals surface area contributed by atoms with Crippen molar-refractivity contribution < 1.29 is 5.11 Å². The Hall–Kier alpha value is -0.680. The molecule has 0 aromatic carbocycles. The summed E-state index contributed by atoms with van der Waals surface area (Å²) >= 11 is 4.88. The molecule has 4 aliphatic rings. The molecule has 4 saturated carbocycles. The summed E-state index contributed by atoms with van der Waals surface area (Å²) in [6.07, 6.45) is 10.8. The van der Waals surface area contributed by atoms with E-state index in [0.29, 0.717) is 5.41 Å². The van der Waals surface area contributed by atoms with Crippen LogP contribution in [0.5, 0.6) is 0 Å². The van der Waals surface area contributed by atoms with Crippen LogP contribution in [0, 0.1) is 34.5 Å². The van der Waals surface area contributed by atoms with Crippen LogP contribution in [-0.2, 0) is 0 Å². The number of thiocarbonyl (C=S) groups is 1. The molecule has 5 heteroatoms. The number of rotatable bonds is 1. The van der Waals surface area contributed by atoms with E-state index < -0.39 is 0 Å². The second kappa shape index (κ2) is 6.19. The van der Waals surface area contributed by atoms with Gasteiger partial charge in [0.2, 0.25) is 0 Å². The smallest absolute Gasteiger partial charge is 0.184 e. The van der Waals surface area contributed by atoms with Gasteiger partial charge in [-0.1, -0.05) is 13.8 Å². The van der Waals surface area contributed by atoms with Crippen LogP contribution >= 0.6 is 12.2 Å². The van der Waals surface area contributed by atoms with Crippen molar-refractivity contribution in [2.75, 3.05) is 0 Å². The van der Waals surface area contributed by atoms with Gasteiger partial charge in [0, 0.05) is 5.71 Å². The van der Waals surface area contributed by atoms with Gasteiger partial charge in [0.25, 0.3) is 0 Å². The van der Waals surface area contributed by atoms with Gasteiger partial charge in [0.1, 0.15) is 0 Å². The lowest BCUT2D eigenvalue weighted by atomic mass is 9.45. The fraction of sp³-hybridized carbons (Fsp3) is 0.900. The summed E-state index contributed by atoms with van der Waals surface area (Å²) in [5.41, 5.74) is 10.2. The fourth-order valence-corrected chi connectivity index (χ4v) is 7.31. The van der Waals surface area contributed by atoms with Gasteiger partial charge in [-0.15, -0.1) is 0 Å². The van der Waals surface area contributed by atoms with Crippen LogP contribution in [-0.4, -0.2) is 22.0 Å². The van der Waals surface area contributed by atoms with Crippen molar-refractivity contribution in [3.8, 4) is 0 Å². The lowest BCUT2D eigenvalue weighted by molar-refractivity contribution is -0.112. The quantitative estimate of drug-likeness (QED) is 0.492. The SMILES string of the molecule is C[C@]12CCC(=NNC(N)=S)C[C@@H]1CC[C@H]1[C@H]2CC[C@]2(C)[C@@H](O)CC[C@@H]12. The minimum atomic E-state index is -0.0692. The molecule has 0 saturated heterocycles. The normalized spacial score (nSPS) is 50.7. The van der Waals surface area contributed by atoms with E-state index in [0.717, 1.165) is 42.9 Å². The molecular weight excluding hydrogens is 330 g/mol. The van der Waals surface area contributed by atoms with Crippen molar-refractivity contribution in [1.29, 1.82) is 0 Å². The molecule has 7 atom stereocenters. The summed E-state index contributed by atoms with van der Waals surface area (Å²) in [6.45, 7) is 4.92. The third-order valence-electron chi connectivity index (χ3n) is 8.77. The zero-order chi connectivity index (χ0) is 17.8. The highest BCUT2D eigenvalue weighted by Crippen LogP contribution is 2.65. The standard InChI is InChI=1S/C20H33N3OS/c1-19-9-7-13(22-23-18(21)25)11-12(19)3-4-14-15-5-6-17(24)20(15,2)10-8-16(14)19/h12,14-17,24H,3-11H2,1-2H3,(H3,21,23,25)/t12-,14+,15-,16+,17-,19-,20-/m0/s1. The topological polar surface area (TPSA) is 70.6 Å². The highest BCUT2D eigenvalue weighted by Gasteiger charge is 2.59. The molecule has 4 aliphatic carbocycles. The highest BCUT2D eigenvalue weighted by atomic mass is 32.1. The van der Waals surface area contributed by atoms with Gasteiger partial charge in [0.15, 0.2) is 5.11 Å². The Bertz CT molecular complexity index is 593. The van der Waals surface area contributed by atoms with Gasteiger partial charge >= 0.3 is 0 Å². The summed E-state index contributed by atoms with van der Waals surface area (Å²) in [5, 5.41) is 15.3. The number of aliphatic hydroxyl groups is 1. The number of nitrogens with two attached hydrogens (primary N) is 1. The molecular formula is C20H33N3OS. The van der Waals surface area contributed by atoms with Crippen molar-refractivity contribution in [3.05, 3.63) is 0 Å². The number of fused-ring (bicyclic) bond motifs is 5. The van der Waals surface area contributed by atoms with Crippen LogP contribution in [0.15, 0.2) is 5.10 Å². The zero-order valence-corrected chi connectivity index (χ0v) is 16.4. The van der Waals surface area contributed by atoms with Gasteiger partial charge in [0.05, 0.1) is 6.10 Å². The molecule has 4 N–H and O–H groups in total. The lowest BCUT2D eigenvalue weighted by Gasteiger charge is -2.60. The van der Waals surface area contributed by atoms with E-state index in [1.165, 1.54) is 44.2 Å². The van der Waals surface area contributed by atoms with E-state index >= 15 is 0 Å². The first-order chi connectivity index (χ1) is 11.8. The molecule has 140 valence electrons. The minimum absolute atomic E-state index is 0.0692. The molecule has 0 amide bonds. The average Bonchev–Trinajstić information content (AvgIpc) is 2.88. The molecule has 0 aliphatic heterocycles. The van der Waals surface area contributed by atoms with Gasteiger partial charge in [-0.2, -0.15) is 5.10 Å². The second-order valence-electron chi connectivity index (χ2n) is 9.65. The van der Waals surface area contributed by atoms with Crippen molar-refractivity contribution in [3.63, 3.8) is 0 Å². The van der Waals surface area contributed by atoms with Crippen LogP contribution < -0.4 is 11.2 Å². The molecule has 4 rings (SSSR count). The first-order valence-corrected chi connectivity index (χ1v) is 10.5. The second-order valence-corrected chi connectivity index (χ2v) is 10.1. The number of aliphatic hydroxyl groups excluding tert-OH is 1. The average molecular weight is 364 g/mol. The van der Waals surface area contributed by atoms with E-state index in [2.05, 4.69) is 24.4 Å². The van der Waals surface area contributed by atoms with E-state index in [-0.39, 0.29) is 16.6 Å². The molecule has 0 heterocycles. The number of hydrazone groups is 1. The van der Waals surface area contributed by atoms with Crippen molar-refractivity contribution >= 4 is 23.0 Å². The first kappa shape index (κ1) is 17.7. The Morgan fingerprint density at radius 2 is 1.88 bits per heavy atom. The number of nitrogens with zero attached hydrogens (tertiary/aromatic N) is 1. The third-order valence-corrected chi connectivity index (χ3v) is 8.86. The van der Waals surface area contributed by atoms with E-state index in [1.807, 2.05) is 0 Å². The third kappa shape index (κ3) is 2.73. The number of nitrogens with one attached hydrogen (secondary N) is 1. The van der Waals surface area contributed by atoms with Crippen molar-refractivity contribution in [2.45, 2.75) is 77.7 Å². The maximum atomic E-state index is 10.6. The zero-order valence-electron chi connectivity index (χ0n) is 15.6. The molecule has 4 fully saturated rings. The monoisotopic (exact) mass is 363 g/mol. The van der Waals surface area contributed by atoms with E-state index in [1.54, 1.807) is 0 Å². The number of hydrogen-bond donors (Lipinski definition) is 3. The fourth-order valence-electron chi connectivity index (χ4n) is 7.27. The first-order valence-electron chi connectivity index (χ1n) is 10.1.